The molecule has 7 nitrogen and oxygen atoms in total. The number of carbonyl (C=O) groups excluding carboxylic acids is 2. The number of ether oxygens (including phenoxy) is 2. The SMILES string of the molecule is CCOC(=O)c1ccc(COc2ccc(Cl)c3c2C2(CCCCC2)NC(=O)N3)o1. The van der Waals surface area contributed by atoms with Crippen LogP contribution in [0.15, 0.2) is 28.7 Å². The molecule has 1 saturated carbocycles. The zero-order valence-electron chi connectivity index (χ0n) is 16.2. The Morgan fingerprint density at radius 3 is 2.76 bits per heavy atom. The van der Waals surface area contributed by atoms with Crippen LogP contribution < -0.4 is 15.4 Å². The minimum Gasteiger partial charge on any atom is -0.485 e. The van der Waals surface area contributed by atoms with Crippen molar-refractivity contribution in [3.8, 4) is 5.75 Å². The minimum absolute atomic E-state index is 0.136. The van der Waals surface area contributed by atoms with Gasteiger partial charge in [0.2, 0.25) is 5.76 Å². The van der Waals surface area contributed by atoms with Gasteiger partial charge in [0, 0.05) is 5.56 Å². The van der Waals surface area contributed by atoms with Gasteiger partial charge < -0.3 is 24.5 Å². The molecule has 4 rings (SSSR count). The molecule has 1 spiro atoms. The van der Waals surface area contributed by atoms with Gasteiger partial charge in [-0.05, 0) is 44.0 Å². The molecule has 1 aromatic carbocycles. The van der Waals surface area contributed by atoms with Crippen LogP contribution >= 0.6 is 11.6 Å². The van der Waals surface area contributed by atoms with Crippen LogP contribution in [0.4, 0.5) is 10.5 Å². The third kappa shape index (κ3) is 3.79. The van der Waals surface area contributed by atoms with Crippen molar-refractivity contribution < 1.29 is 23.5 Å². The van der Waals surface area contributed by atoms with Gasteiger partial charge in [-0.2, -0.15) is 0 Å². The molecular weight excluding hydrogens is 396 g/mol. The number of rotatable bonds is 5. The van der Waals surface area contributed by atoms with Gasteiger partial charge in [0.25, 0.3) is 0 Å². The van der Waals surface area contributed by atoms with Gasteiger partial charge in [-0.25, -0.2) is 9.59 Å². The summed E-state index contributed by atoms with van der Waals surface area (Å²) in [5.41, 5.74) is 0.984. The smallest absolute Gasteiger partial charge is 0.374 e. The number of halogens is 1. The van der Waals surface area contributed by atoms with Gasteiger partial charge >= 0.3 is 12.0 Å². The van der Waals surface area contributed by atoms with Crippen LogP contribution in [0.2, 0.25) is 5.02 Å². The number of fused-ring (bicyclic) bond motifs is 2. The Balaban J connectivity index is 1.61. The number of furan rings is 1. The van der Waals surface area contributed by atoms with Crippen molar-refractivity contribution in [1.29, 1.82) is 0 Å². The molecule has 29 heavy (non-hydrogen) atoms. The van der Waals surface area contributed by atoms with Crippen LogP contribution in [0.1, 0.15) is 60.9 Å². The molecule has 2 heterocycles. The van der Waals surface area contributed by atoms with Gasteiger partial charge in [-0.3, -0.25) is 0 Å². The number of benzene rings is 1. The summed E-state index contributed by atoms with van der Waals surface area (Å²) in [6.45, 7) is 2.16. The number of nitrogens with one attached hydrogen (secondary N) is 2. The lowest BCUT2D eigenvalue weighted by Gasteiger charge is -2.43. The van der Waals surface area contributed by atoms with E-state index in [0.717, 1.165) is 37.7 Å². The average molecular weight is 419 g/mol. The average Bonchev–Trinajstić information content (AvgIpc) is 3.18. The first-order valence-electron chi connectivity index (χ1n) is 9.83. The summed E-state index contributed by atoms with van der Waals surface area (Å²) < 4.78 is 16.5. The second kappa shape index (κ2) is 7.99. The molecule has 1 fully saturated rings. The van der Waals surface area contributed by atoms with E-state index in [1.54, 1.807) is 25.1 Å². The Hall–Kier alpha value is -2.67. The van der Waals surface area contributed by atoms with E-state index in [1.807, 2.05) is 6.07 Å². The topological polar surface area (TPSA) is 89.8 Å². The molecule has 154 valence electrons. The first-order chi connectivity index (χ1) is 14.0. The molecule has 2 N–H and O–H groups in total. The standard InChI is InChI=1S/C21H23ClN2O5/c1-2-27-19(25)16-8-6-13(29-16)12-28-15-9-7-14(22)18-17(15)21(24-20(26)23-18)10-4-3-5-11-21/h6-9H,2-5,10-12H2,1H3,(H2,23,24,26). The number of carbonyl (C=O) groups is 2. The maximum absolute atomic E-state index is 12.3. The summed E-state index contributed by atoms with van der Waals surface area (Å²) >= 11 is 6.40. The van der Waals surface area contributed by atoms with Crippen molar-refractivity contribution >= 4 is 29.3 Å². The van der Waals surface area contributed by atoms with Crippen molar-refractivity contribution in [2.75, 3.05) is 11.9 Å². The van der Waals surface area contributed by atoms with Crippen LogP contribution in [0.25, 0.3) is 0 Å². The summed E-state index contributed by atoms with van der Waals surface area (Å²) in [6.07, 6.45) is 4.84. The van der Waals surface area contributed by atoms with Crippen molar-refractivity contribution in [1.82, 2.24) is 5.32 Å². The van der Waals surface area contributed by atoms with E-state index < -0.39 is 11.5 Å². The molecule has 0 atom stereocenters. The summed E-state index contributed by atoms with van der Waals surface area (Å²) in [4.78, 5) is 24.1. The van der Waals surface area contributed by atoms with Crippen LogP contribution in [-0.4, -0.2) is 18.6 Å². The minimum atomic E-state index is -0.504. The number of amides is 2. The number of hydrogen-bond donors (Lipinski definition) is 2. The maximum Gasteiger partial charge on any atom is 0.374 e. The number of esters is 1. The van der Waals surface area contributed by atoms with Crippen molar-refractivity contribution in [2.45, 2.75) is 51.2 Å². The molecule has 8 heteroatoms. The molecular formula is C21H23ClN2O5. The van der Waals surface area contributed by atoms with Crippen LogP contribution in [0.3, 0.4) is 0 Å². The van der Waals surface area contributed by atoms with Gasteiger partial charge in [0.1, 0.15) is 18.1 Å². The number of hydrogen-bond acceptors (Lipinski definition) is 5. The third-order valence-electron chi connectivity index (χ3n) is 5.40. The predicted octanol–water partition coefficient (Wildman–Crippen LogP) is 4.98. The lowest BCUT2D eigenvalue weighted by Crippen LogP contribution is -2.52. The van der Waals surface area contributed by atoms with Crippen LogP contribution in [0.5, 0.6) is 5.75 Å². The van der Waals surface area contributed by atoms with Crippen LogP contribution in [-0.2, 0) is 16.9 Å². The Kier molecular flexibility index (Phi) is 5.41. The van der Waals surface area contributed by atoms with Crippen molar-refractivity contribution in [3.63, 3.8) is 0 Å². The van der Waals surface area contributed by atoms with Gasteiger partial charge in [0.05, 0.1) is 22.9 Å². The Morgan fingerprint density at radius 1 is 1.21 bits per heavy atom. The summed E-state index contributed by atoms with van der Waals surface area (Å²) in [5.74, 6) is 0.770. The normalized spacial score (nSPS) is 17.2. The highest BCUT2D eigenvalue weighted by Crippen LogP contribution is 2.49. The van der Waals surface area contributed by atoms with Crippen molar-refractivity contribution in [2.24, 2.45) is 0 Å². The van der Waals surface area contributed by atoms with E-state index >= 15 is 0 Å². The van der Waals surface area contributed by atoms with E-state index in [2.05, 4.69) is 10.6 Å². The maximum atomic E-state index is 12.3. The zero-order chi connectivity index (χ0) is 20.4. The van der Waals surface area contributed by atoms with Gasteiger partial charge in [-0.15, -0.1) is 0 Å². The summed E-state index contributed by atoms with van der Waals surface area (Å²) in [7, 11) is 0. The zero-order valence-corrected chi connectivity index (χ0v) is 16.9. The Bertz CT molecular complexity index is 933. The van der Waals surface area contributed by atoms with Crippen molar-refractivity contribution in [3.05, 3.63) is 46.4 Å². The lowest BCUT2D eigenvalue weighted by molar-refractivity contribution is 0.0486. The second-order valence-corrected chi connectivity index (χ2v) is 7.70. The molecule has 0 saturated heterocycles. The quantitative estimate of drug-likeness (QED) is 0.668. The Labute approximate surface area is 173 Å². The van der Waals surface area contributed by atoms with Gasteiger partial charge in [-0.1, -0.05) is 30.9 Å². The molecule has 2 amide bonds. The number of anilines is 1. The Morgan fingerprint density at radius 2 is 2.00 bits per heavy atom. The monoisotopic (exact) mass is 418 g/mol. The summed E-state index contributed by atoms with van der Waals surface area (Å²) in [6, 6.07) is 6.53. The molecule has 2 aliphatic rings. The fourth-order valence-electron chi connectivity index (χ4n) is 4.15. The van der Waals surface area contributed by atoms with Gasteiger partial charge in [0.15, 0.2) is 0 Å². The van der Waals surface area contributed by atoms with E-state index in [1.165, 1.54) is 0 Å². The highest BCUT2D eigenvalue weighted by atomic mass is 35.5. The largest absolute Gasteiger partial charge is 0.485 e. The van der Waals surface area contributed by atoms with E-state index in [9.17, 15) is 9.59 Å². The second-order valence-electron chi connectivity index (χ2n) is 7.29. The molecule has 1 aliphatic heterocycles. The highest BCUT2D eigenvalue weighted by Gasteiger charge is 2.43. The van der Waals surface area contributed by atoms with E-state index in [-0.39, 0.29) is 25.0 Å². The molecule has 0 radical (unpaired) electrons. The fraction of sp³-hybridized carbons (Fsp3) is 0.429. The van der Waals surface area contributed by atoms with E-state index in [0.29, 0.717) is 22.2 Å². The predicted molar refractivity (Wildman–Crippen MR) is 107 cm³/mol. The molecule has 0 unspecified atom stereocenters. The first kappa shape index (κ1) is 19.6. The lowest BCUT2D eigenvalue weighted by atomic mass is 9.74. The molecule has 2 aromatic rings. The number of urea groups is 1. The third-order valence-corrected chi connectivity index (χ3v) is 5.72. The van der Waals surface area contributed by atoms with E-state index in [4.69, 9.17) is 25.5 Å². The fourth-order valence-corrected chi connectivity index (χ4v) is 4.35. The molecule has 1 aromatic heterocycles. The highest BCUT2D eigenvalue weighted by molar-refractivity contribution is 6.34. The first-order valence-corrected chi connectivity index (χ1v) is 10.2. The van der Waals surface area contributed by atoms with Crippen LogP contribution in [0, 0.1) is 0 Å². The molecule has 0 bridgehead atoms. The molecule has 1 aliphatic carbocycles. The summed E-state index contributed by atoms with van der Waals surface area (Å²) in [5, 5.41) is 6.42.